The summed E-state index contributed by atoms with van der Waals surface area (Å²) in [6, 6.07) is 7.10. The Balaban J connectivity index is 1.67. The molecule has 0 radical (unpaired) electrons. The molecule has 3 heterocycles. The van der Waals surface area contributed by atoms with Gasteiger partial charge in [-0.1, -0.05) is 6.07 Å². The predicted molar refractivity (Wildman–Crippen MR) is 93.2 cm³/mol. The Morgan fingerprint density at radius 1 is 1.48 bits per heavy atom. The number of pyridine rings is 1. The second-order valence-electron chi connectivity index (χ2n) is 5.31. The van der Waals surface area contributed by atoms with Crippen molar-refractivity contribution >= 4 is 38.8 Å². The van der Waals surface area contributed by atoms with E-state index in [9.17, 15) is 4.79 Å². The van der Waals surface area contributed by atoms with Crippen LogP contribution in [0, 0.1) is 0 Å². The number of nitrogens with zero attached hydrogens (tertiary/aromatic N) is 4. The normalized spacial score (nSPS) is 12.5. The van der Waals surface area contributed by atoms with Crippen LogP contribution in [0.25, 0.3) is 5.65 Å². The standard InChI is InChI=1S/C15H16BrN5OS/c1-20(8-14-19-18-13-4-2-3-5-21(13)14)15(22)11(17)6-10-7-12(16)23-9-10/h2-5,7,9,11H,6,8,17H2,1H3. The molecule has 0 saturated heterocycles. The molecule has 3 aromatic heterocycles. The second kappa shape index (κ2) is 6.77. The molecule has 0 bridgehead atoms. The highest BCUT2D eigenvalue weighted by Gasteiger charge is 2.20. The molecule has 0 saturated carbocycles. The fourth-order valence-electron chi connectivity index (χ4n) is 2.37. The van der Waals surface area contributed by atoms with Gasteiger partial charge in [0.05, 0.1) is 16.4 Å². The third-order valence-corrected chi connectivity index (χ3v) is 5.09. The lowest BCUT2D eigenvalue weighted by Crippen LogP contribution is -2.42. The van der Waals surface area contributed by atoms with Crippen molar-refractivity contribution in [3.05, 3.63) is 51.0 Å². The van der Waals surface area contributed by atoms with Gasteiger partial charge in [0.25, 0.3) is 0 Å². The van der Waals surface area contributed by atoms with E-state index in [2.05, 4.69) is 26.1 Å². The van der Waals surface area contributed by atoms with Crippen molar-refractivity contribution in [2.24, 2.45) is 5.73 Å². The number of rotatable bonds is 5. The maximum atomic E-state index is 12.5. The number of carbonyl (C=O) groups is 1. The van der Waals surface area contributed by atoms with Gasteiger partial charge in [-0.3, -0.25) is 9.20 Å². The van der Waals surface area contributed by atoms with E-state index in [1.165, 1.54) is 0 Å². The quantitative estimate of drug-likeness (QED) is 0.719. The number of hydrogen-bond donors (Lipinski definition) is 1. The van der Waals surface area contributed by atoms with E-state index in [1.54, 1.807) is 23.3 Å². The highest BCUT2D eigenvalue weighted by molar-refractivity contribution is 9.11. The summed E-state index contributed by atoms with van der Waals surface area (Å²) in [6.07, 6.45) is 2.40. The largest absolute Gasteiger partial charge is 0.337 e. The molecule has 1 atom stereocenters. The van der Waals surface area contributed by atoms with Crippen LogP contribution in [0.2, 0.25) is 0 Å². The zero-order valence-electron chi connectivity index (χ0n) is 12.5. The van der Waals surface area contributed by atoms with Gasteiger partial charge in [-0.15, -0.1) is 21.5 Å². The van der Waals surface area contributed by atoms with Gasteiger partial charge in [0.15, 0.2) is 11.5 Å². The Bertz CT molecular complexity index is 830. The summed E-state index contributed by atoms with van der Waals surface area (Å²) >= 11 is 5.00. The van der Waals surface area contributed by atoms with Crippen molar-refractivity contribution in [2.45, 2.75) is 19.0 Å². The average molecular weight is 394 g/mol. The van der Waals surface area contributed by atoms with Crippen molar-refractivity contribution in [3.63, 3.8) is 0 Å². The first-order chi connectivity index (χ1) is 11.0. The molecule has 3 aromatic rings. The van der Waals surface area contributed by atoms with Crippen molar-refractivity contribution in [3.8, 4) is 0 Å². The summed E-state index contributed by atoms with van der Waals surface area (Å²) in [5, 5.41) is 10.2. The summed E-state index contributed by atoms with van der Waals surface area (Å²) < 4.78 is 2.90. The highest BCUT2D eigenvalue weighted by atomic mass is 79.9. The van der Waals surface area contributed by atoms with Crippen LogP contribution < -0.4 is 5.73 Å². The number of likely N-dealkylation sites (N-methyl/N-ethyl adjacent to an activating group) is 1. The fraction of sp³-hybridized carbons (Fsp3) is 0.267. The molecule has 0 aliphatic heterocycles. The van der Waals surface area contributed by atoms with Crippen LogP contribution in [0.4, 0.5) is 0 Å². The Hall–Kier alpha value is -1.77. The summed E-state index contributed by atoms with van der Waals surface area (Å²) in [6.45, 7) is 0.366. The van der Waals surface area contributed by atoms with Crippen LogP contribution in [0.1, 0.15) is 11.4 Å². The van der Waals surface area contributed by atoms with Gasteiger partial charge in [-0.2, -0.15) is 0 Å². The lowest BCUT2D eigenvalue weighted by Gasteiger charge is -2.20. The molecular weight excluding hydrogens is 378 g/mol. The molecule has 1 amide bonds. The van der Waals surface area contributed by atoms with Gasteiger partial charge in [0, 0.05) is 13.2 Å². The number of aromatic nitrogens is 3. The van der Waals surface area contributed by atoms with Crippen LogP contribution in [0.15, 0.2) is 39.6 Å². The lowest BCUT2D eigenvalue weighted by molar-refractivity contribution is -0.131. The van der Waals surface area contributed by atoms with E-state index in [1.807, 2.05) is 40.2 Å². The van der Waals surface area contributed by atoms with Crippen LogP contribution >= 0.6 is 27.3 Å². The molecule has 2 N–H and O–H groups in total. The summed E-state index contributed by atoms with van der Waals surface area (Å²) in [4.78, 5) is 14.0. The summed E-state index contributed by atoms with van der Waals surface area (Å²) in [5.41, 5.74) is 7.88. The molecule has 3 rings (SSSR count). The van der Waals surface area contributed by atoms with Gasteiger partial charge in [-0.05, 0) is 51.5 Å². The Labute approximate surface area is 146 Å². The molecule has 120 valence electrons. The Morgan fingerprint density at radius 2 is 2.30 bits per heavy atom. The minimum Gasteiger partial charge on any atom is -0.337 e. The third-order valence-electron chi connectivity index (χ3n) is 3.53. The van der Waals surface area contributed by atoms with Crippen molar-refractivity contribution in [1.29, 1.82) is 0 Å². The predicted octanol–water partition coefficient (Wildman–Crippen LogP) is 2.08. The number of amides is 1. The Kier molecular flexibility index (Phi) is 4.74. The van der Waals surface area contributed by atoms with Gasteiger partial charge in [0.2, 0.25) is 5.91 Å². The first-order valence-electron chi connectivity index (χ1n) is 7.06. The van der Waals surface area contributed by atoms with E-state index in [4.69, 9.17) is 5.73 Å². The molecule has 1 unspecified atom stereocenters. The Morgan fingerprint density at radius 3 is 3.04 bits per heavy atom. The number of hydrogen-bond acceptors (Lipinski definition) is 5. The van der Waals surface area contributed by atoms with E-state index in [0.717, 1.165) is 15.0 Å². The van der Waals surface area contributed by atoms with Gasteiger partial charge in [0.1, 0.15) is 0 Å². The molecule has 0 aliphatic carbocycles. The van der Waals surface area contributed by atoms with E-state index < -0.39 is 6.04 Å². The van der Waals surface area contributed by atoms with E-state index in [-0.39, 0.29) is 5.91 Å². The van der Waals surface area contributed by atoms with E-state index in [0.29, 0.717) is 18.8 Å². The number of halogens is 1. The molecule has 23 heavy (non-hydrogen) atoms. The number of thiophene rings is 1. The van der Waals surface area contributed by atoms with E-state index >= 15 is 0 Å². The number of nitrogens with two attached hydrogens (primary N) is 1. The van der Waals surface area contributed by atoms with Gasteiger partial charge < -0.3 is 10.6 Å². The average Bonchev–Trinajstić information content (AvgIpc) is 3.13. The topological polar surface area (TPSA) is 76.5 Å². The van der Waals surface area contributed by atoms with Gasteiger partial charge >= 0.3 is 0 Å². The number of carbonyl (C=O) groups excluding carboxylic acids is 1. The SMILES string of the molecule is CN(Cc1nnc2ccccn12)C(=O)C(N)Cc1csc(Br)c1. The van der Waals surface area contributed by atoms with Gasteiger partial charge in [-0.25, -0.2) is 0 Å². The summed E-state index contributed by atoms with van der Waals surface area (Å²) in [7, 11) is 1.73. The van der Waals surface area contributed by atoms with Crippen molar-refractivity contribution in [1.82, 2.24) is 19.5 Å². The van der Waals surface area contributed by atoms with Crippen molar-refractivity contribution < 1.29 is 4.79 Å². The first kappa shape index (κ1) is 16.1. The zero-order chi connectivity index (χ0) is 16.4. The smallest absolute Gasteiger partial charge is 0.239 e. The molecular formula is C15H16BrN5OS. The van der Waals surface area contributed by atoms with Crippen LogP contribution in [0.5, 0.6) is 0 Å². The summed E-state index contributed by atoms with van der Waals surface area (Å²) in [5.74, 6) is 0.599. The van der Waals surface area contributed by atoms with Crippen molar-refractivity contribution in [2.75, 3.05) is 7.05 Å². The molecule has 0 aliphatic rings. The highest BCUT2D eigenvalue weighted by Crippen LogP contribution is 2.21. The minimum absolute atomic E-state index is 0.111. The maximum Gasteiger partial charge on any atom is 0.239 e. The van der Waals surface area contributed by atoms with Crippen LogP contribution in [-0.4, -0.2) is 38.5 Å². The lowest BCUT2D eigenvalue weighted by atomic mass is 10.1. The minimum atomic E-state index is -0.569. The molecule has 6 nitrogen and oxygen atoms in total. The van der Waals surface area contributed by atoms with Crippen LogP contribution in [-0.2, 0) is 17.8 Å². The first-order valence-corrected chi connectivity index (χ1v) is 8.74. The molecule has 8 heteroatoms. The monoisotopic (exact) mass is 393 g/mol. The molecule has 0 aromatic carbocycles. The fourth-order valence-corrected chi connectivity index (χ4v) is 3.59. The molecule has 0 fully saturated rings. The molecule has 0 spiro atoms. The third kappa shape index (κ3) is 3.60. The van der Waals surface area contributed by atoms with Crippen LogP contribution in [0.3, 0.4) is 0 Å². The zero-order valence-corrected chi connectivity index (χ0v) is 14.9. The second-order valence-corrected chi connectivity index (χ2v) is 7.60. The maximum absolute atomic E-state index is 12.5. The number of fused-ring (bicyclic) bond motifs is 1.